The van der Waals surface area contributed by atoms with Gasteiger partial charge >= 0.3 is 0 Å². The van der Waals surface area contributed by atoms with Gasteiger partial charge in [0.15, 0.2) is 6.61 Å². The number of hydrogen-bond donors (Lipinski definition) is 2. The van der Waals surface area contributed by atoms with Crippen molar-refractivity contribution in [3.05, 3.63) is 36.4 Å². The van der Waals surface area contributed by atoms with Crippen LogP contribution in [0.1, 0.15) is 0 Å². The molecule has 0 aliphatic carbocycles. The molecule has 2 aliphatic heterocycles. The number of fused-ring (bicyclic) bond motifs is 2. The van der Waals surface area contributed by atoms with Gasteiger partial charge in [-0.25, -0.2) is 0 Å². The van der Waals surface area contributed by atoms with E-state index in [1.165, 1.54) is 0 Å². The SMILES string of the molecule is COc1ccc2c(c1)OCC(=O)N2.COc1ccc2c(c1)OCCN2. The minimum atomic E-state index is -0.127. The van der Waals surface area contributed by atoms with Crippen molar-refractivity contribution >= 4 is 17.3 Å². The van der Waals surface area contributed by atoms with Gasteiger partial charge in [-0.2, -0.15) is 0 Å². The summed E-state index contributed by atoms with van der Waals surface area (Å²) in [6.07, 6.45) is 0. The van der Waals surface area contributed by atoms with E-state index in [1.807, 2.05) is 18.2 Å². The number of carbonyl (C=O) groups is 1. The van der Waals surface area contributed by atoms with Gasteiger partial charge in [0.25, 0.3) is 5.91 Å². The number of benzene rings is 2. The molecule has 0 fully saturated rings. The lowest BCUT2D eigenvalue weighted by atomic mass is 10.2. The average Bonchev–Trinajstić information content (AvgIpc) is 2.67. The highest BCUT2D eigenvalue weighted by atomic mass is 16.5. The maximum atomic E-state index is 10.9. The van der Waals surface area contributed by atoms with Crippen molar-refractivity contribution in [2.45, 2.75) is 0 Å². The summed E-state index contributed by atoms with van der Waals surface area (Å²) in [7, 11) is 3.24. The summed E-state index contributed by atoms with van der Waals surface area (Å²) in [6, 6.07) is 11.0. The number of carbonyl (C=O) groups excluding carboxylic acids is 1. The van der Waals surface area contributed by atoms with E-state index in [-0.39, 0.29) is 12.5 Å². The van der Waals surface area contributed by atoms with E-state index in [4.69, 9.17) is 18.9 Å². The molecule has 2 aliphatic rings. The first kappa shape index (κ1) is 16.8. The molecular formula is C18H20N2O5. The van der Waals surface area contributed by atoms with Crippen LogP contribution in [0.3, 0.4) is 0 Å². The van der Waals surface area contributed by atoms with Crippen LogP contribution in [0.2, 0.25) is 0 Å². The summed E-state index contributed by atoms with van der Waals surface area (Å²) < 4.78 is 20.7. The van der Waals surface area contributed by atoms with E-state index >= 15 is 0 Å². The fraction of sp³-hybridized carbons (Fsp3) is 0.278. The zero-order valence-corrected chi connectivity index (χ0v) is 14.1. The van der Waals surface area contributed by atoms with Gasteiger partial charge in [0, 0.05) is 18.7 Å². The van der Waals surface area contributed by atoms with Gasteiger partial charge in [-0.15, -0.1) is 0 Å². The zero-order chi connectivity index (χ0) is 17.6. The molecule has 2 aromatic rings. The second kappa shape index (κ2) is 7.65. The second-order valence-corrected chi connectivity index (χ2v) is 5.34. The Labute approximate surface area is 145 Å². The zero-order valence-electron chi connectivity index (χ0n) is 14.1. The van der Waals surface area contributed by atoms with Crippen LogP contribution in [0, 0.1) is 0 Å². The topological polar surface area (TPSA) is 78.1 Å². The highest BCUT2D eigenvalue weighted by Gasteiger charge is 2.15. The van der Waals surface area contributed by atoms with Crippen LogP contribution in [0.15, 0.2) is 36.4 Å². The monoisotopic (exact) mass is 344 g/mol. The third kappa shape index (κ3) is 4.06. The Balaban J connectivity index is 0.000000146. The summed E-state index contributed by atoms with van der Waals surface area (Å²) in [5.74, 6) is 2.95. The number of ether oxygens (including phenoxy) is 4. The fourth-order valence-corrected chi connectivity index (χ4v) is 2.42. The number of anilines is 2. The van der Waals surface area contributed by atoms with Crippen LogP contribution in [-0.2, 0) is 4.79 Å². The highest BCUT2D eigenvalue weighted by molar-refractivity contribution is 5.95. The van der Waals surface area contributed by atoms with Crippen molar-refractivity contribution in [3.63, 3.8) is 0 Å². The van der Waals surface area contributed by atoms with Crippen LogP contribution in [0.4, 0.5) is 11.4 Å². The fourth-order valence-electron chi connectivity index (χ4n) is 2.42. The van der Waals surface area contributed by atoms with E-state index in [1.54, 1.807) is 32.4 Å². The lowest BCUT2D eigenvalue weighted by Crippen LogP contribution is -2.25. The van der Waals surface area contributed by atoms with Gasteiger partial charge in [-0.3, -0.25) is 4.79 Å². The van der Waals surface area contributed by atoms with E-state index in [9.17, 15) is 4.79 Å². The molecule has 0 atom stereocenters. The van der Waals surface area contributed by atoms with Crippen LogP contribution in [-0.4, -0.2) is 39.9 Å². The van der Waals surface area contributed by atoms with Crippen molar-refractivity contribution in [2.75, 3.05) is 44.6 Å². The molecule has 2 N–H and O–H groups in total. The van der Waals surface area contributed by atoms with Crippen LogP contribution in [0.25, 0.3) is 0 Å². The van der Waals surface area contributed by atoms with E-state index in [0.717, 1.165) is 36.1 Å². The number of methoxy groups -OCH3 is 2. The molecule has 2 heterocycles. The molecule has 132 valence electrons. The molecule has 7 nitrogen and oxygen atoms in total. The number of rotatable bonds is 2. The van der Waals surface area contributed by atoms with Gasteiger partial charge in [0.2, 0.25) is 0 Å². The number of nitrogens with one attached hydrogen (secondary N) is 2. The predicted molar refractivity (Wildman–Crippen MR) is 94.1 cm³/mol. The molecule has 25 heavy (non-hydrogen) atoms. The Bertz CT molecular complexity index is 763. The molecule has 4 rings (SSSR count). The molecule has 2 aromatic carbocycles. The standard InChI is InChI=1S/C9H9NO3.C9H11NO2/c1-12-6-2-3-7-8(4-6)13-5-9(11)10-7;1-11-7-2-3-8-9(6-7)12-5-4-10-8/h2-4H,5H2,1H3,(H,10,11);2-3,6,10H,4-5H2,1H3. The van der Waals surface area contributed by atoms with Crippen LogP contribution >= 0.6 is 0 Å². The lowest BCUT2D eigenvalue weighted by molar-refractivity contribution is -0.118. The maximum Gasteiger partial charge on any atom is 0.262 e. The smallest absolute Gasteiger partial charge is 0.262 e. The largest absolute Gasteiger partial charge is 0.497 e. The summed E-state index contributed by atoms with van der Waals surface area (Å²) in [4.78, 5) is 10.9. The molecule has 0 aromatic heterocycles. The van der Waals surface area contributed by atoms with E-state index in [0.29, 0.717) is 11.4 Å². The normalized spacial score (nSPS) is 14.1. The Morgan fingerprint density at radius 1 is 0.920 bits per heavy atom. The molecule has 0 saturated carbocycles. The third-order valence-electron chi connectivity index (χ3n) is 3.69. The molecule has 1 amide bonds. The van der Waals surface area contributed by atoms with Crippen LogP contribution < -0.4 is 29.6 Å². The molecule has 0 bridgehead atoms. The van der Waals surface area contributed by atoms with E-state index in [2.05, 4.69) is 10.6 Å². The van der Waals surface area contributed by atoms with E-state index < -0.39 is 0 Å². The second-order valence-electron chi connectivity index (χ2n) is 5.34. The van der Waals surface area contributed by atoms with Gasteiger partial charge in [0.05, 0.1) is 25.6 Å². The quantitative estimate of drug-likeness (QED) is 0.872. The van der Waals surface area contributed by atoms with Crippen molar-refractivity contribution in [3.8, 4) is 23.0 Å². The molecule has 0 spiro atoms. The minimum Gasteiger partial charge on any atom is -0.497 e. The van der Waals surface area contributed by atoms with Gasteiger partial charge in [-0.05, 0) is 24.3 Å². The highest BCUT2D eigenvalue weighted by Crippen LogP contribution is 2.31. The first-order valence-corrected chi connectivity index (χ1v) is 7.85. The summed E-state index contributed by atoms with van der Waals surface area (Å²) >= 11 is 0. The Hall–Kier alpha value is -3.09. The molecule has 7 heteroatoms. The van der Waals surface area contributed by atoms with Crippen LogP contribution in [0.5, 0.6) is 23.0 Å². The lowest BCUT2D eigenvalue weighted by Gasteiger charge is -2.19. The minimum absolute atomic E-state index is 0.0696. The summed E-state index contributed by atoms with van der Waals surface area (Å²) in [5.41, 5.74) is 1.74. The average molecular weight is 344 g/mol. The maximum absolute atomic E-state index is 10.9. The Morgan fingerprint density at radius 2 is 1.56 bits per heavy atom. The Kier molecular flexibility index (Phi) is 5.13. The summed E-state index contributed by atoms with van der Waals surface area (Å²) in [6.45, 7) is 1.67. The molecule has 0 unspecified atom stereocenters. The summed E-state index contributed by atoms with van der Waals surface area (Å²) in [5, 5.41) is 5.93. The molecular weight excluding hydrogens is 324 g/mol. The predicted octanol–water partition coefficient (Wildman–Crippen LogP) is 2.53. The number of amides is 1. The van der Waals surface area contributed by atoms with Gasteiger partial charge < -0.3 is 29.6 Å². The first-order valence-electron chi connectivity index (χ1n) is 7.85. The van der Waals surface area contributed by atoms with Crippen molar-refractivity contribution in [1.29, 1.82) is 0 Å². The third-order valence-corrected chi connectivity index (χ3v) is 3.69. The van der Waals surface area contributed by atoms with Crippen molar-refractivity contribution in [2.24, 2.45) is 0 Å². The Morgan fingerprint density at radius 3 is 2.24 bits per heavy atom. The molecule has 0 radical (unpaired) electrons. The molecule has 0 saturated heterocycles. The van der Waals surface area contributed by atoms with Gasteiger partial charge in [0.1, 0.15) is 29.6 Å². The number of hydrogen-bond acceptors (Lipinski definition) is 6. The van der Waals surface area contributed by atoms with Crippen molar-refractivity contribution < 1.29 is 23.7 Å². The van der Waals surface area contributed by atoms with Gasteiger partial charge in [-0.1, -0.05) is 0 Å². The van der Waals surface area contributed by atoms with Crippen molar-refractivity contribution in [1.82, 2.24) is 0 Å². The first-order chi connectivity index (χ1) is 12.2.